The van der Waals surface area contributed by atoms with Gasteiger partial charge in [0.2, 0.25) is 11.8 Å². The van der Waals surface area contributed by atoms with Crippen molar-refractivity contribution in [3.63, 3.8) is 0 Å². The molecular formula is C16H25N3O2. The normalized spacial score (nSPS) is 10.5. The Morgan fingerprint density at radius 2 is 1.71 bits per heavy atom. The average molecular weight is 291 g/mol. The van der Waals surface area contributed by atoms with E-state index >= 15 is 0 Å². The molecule has 0 saturated heterocycles. The number of benzene rings is 1. The predicted molar refractivity (Wildman–Crippen MR) is 85.2 cm³/mol. The van der Waals surface area contributed by atoms with Gasteiger partial charge in [0, 0.05) is 12.2 Å². The highest BCUT2D eigenvalue weighted by atomic mass is 16.2. The van der Waals surface area contributed by atoms with E-state index < -0.39 is 0 Å². The molecule has 0 bridgehead atoms. The number of rotatable bonds is 8. The van der Waals surface area contributed by atoms with Gasteiger partial charge >= 0.3 is 0 Å². The Morgan fingerprint density at radius 3 is 2.33 bits per heavy atom. The fourth-order valence-corrected chi connectivity index (χ4v) is 1.84. The summed E-state index contributed by atoms with van der Waals surface area (Å²) in [5, 5.41) is 5.64. The first kappa shape index (κ1) is 17.2. The van der Waals surface area contributed by atoms with Crippen LogP contribution in [0.5, 0.6) is 0 Å². The molecule has 0 radical (unpaired) electrons. The third-order valence-electron chi connectivity index (χ3n) is 3.01. The van der Waals surface area contributed by atoms with Crippen molar-refractivity contribution in [3.05, 3.63) is 29.8 Å². The summed E-state index contributed by atoms with van der Waals surface area (Å²) < 4.78 is 0. The minimum atomic E-state index is -0.122. The molecule has 116 valence electrons. The van der Waals surface area contributed by atoms with E-state index in [4.69, 9.17) is 0 Å². The van der Waals surface area contributed by atoms with Crippen molar-refractivity contribution in [1.29, 1.82) is 0 Å². The molecule has 2 amide bonds. The summed E-state index contributed by atoms with van der Waals surface area (Å²) in [6.07, 6.45) is 2.03. The van der Waals surface area contributed by atoms with E-state index in [1.165, 1.54) is 0 Å². The topological polar surface area (TPSA) is 61.4 Å². The van der Waals surface area contributed by atoms with Gasteiger partial charge in [-0.05, 0) is 32.5 Å². The van der Waals surface area contributed by atoms with E-state index in [1.54, 1.807) is 11.9 Å². The maximum atomic E-state index is 11.9. The monoisotopic (exact) mass is 291 g/mol. The van der Waals surface area contributed by atoms with Crippen LogP contribution in [0.15, 0.2) is 24.3 Å². The number of unbranched alkanes of at least 4 members (excludes halogenated alkanes) is 1. The van der Waals surface area contributed by atoms with E-state index in [-0.39, 0.29) is 24.9 Å². The molecule has 5 nitrogen and oxygen atoms in total. The number of carbonyl (C=O) groups is 2. The largest absolute Gasteiger partial charge is 0.355 e. The lowest BCUT2D eigenvalue weighted by molar-refractivity contribution is -0.122. The summed E-state index contributed by atoms with van der Waals surface area (Å²) >= 11 is 0. The minimum absolute atomic E-state index is 0.0471. The van der Waals surface area contributed by atoms with Gasteiger partial charge in [0.25, 0.3) is 0 Å². The molecule has 21 heavy (non-hydrogen) atoms. The summed E-state index contributed by atoms with van der Waals surface area (Å²) in [7, 11) is 1.76. The van der Waals surface area contributed by atoms with Crippen LogP contribution in [0.3, 0.4) is 0 Å². The fourth-order valence-electron chi connectivity index (χ4n) is 1.84. The number of hydrogen-bond donors (Lipinski definition) is 2. The zero-order chi connectivity index (χ0) is 15.7. The predicted octanol–water partition coefficient (Wildman–Crippen LogP) is 1.78. The molecule has 1 rings (SSSR count). The van der Waals surface area contributed by atoms with Gasteiger partial charge in [-0.2, -0.15) is 0 Å². The molecule has 0 heterocycles. The maximum absolute atomic E-state index is 11.9. The van der Waals surface area contributed by atoms with Gasteiger partial charge in [-0.3, -0.25) is 14.5 Å². The maximum Gasteiger partial charge on any atom is 0.238 e. The van der Waals surface area contributed by atoms with Crippen LogP contribution >= 0.6 is 0 Å². The summed E-state index contributed by atoms with van der Waals surface area (Å²) in [5.41, 5.74) is 1.92. The average Bonchev–Trinajstić information content (AvgIpc) is 2.41. The molecule has 0 aromatic heterocycles. The first-order chi connectivity index (χ1) is 10.0. The van der Waals surface area contributed by atoms with Crippen LogP contribution in [-0.4, -0.2) is 43.4 Å². The molecule has 0 atom stereocenters. The molecule has 1 aromatic rings. The van der Waals surface area contributed by atoms with Gasteiger partial charge in [0.1, 0.15) is 0 Å². The Hall–Kier alpha value is -1.88. The van der Waals surface area contributed by atoms with E-state index in [2.05, 4.69) is 17.6 Å². The summed E-state index contributed by atoms with van der Waals surface area (Å²) in [6.45, 7) is 5.18. The Kier molecular flexibility index (Phi) is 7.46. The number of hydrogen-bond acceptors (Lipinski definition) is 3. The second-order valence-corrected chi connectivity index (χ2v) is 5.29. The third kappa shape index (κ3) is 7.46. The highest BCUT2D eigenvalue weighted by molar-refractivity contribution is 5.92. The van der Waals surface area contributed by atoms with E-state index in [9.17, 15) is 9.59 Å². The highest BCUT2D eigenvalue weighted by Gasteiger charge is 2.10. The SMILES string of the molecule is CCCCNC(=O)CN(C)CC(=O)Nc1ccc(C)cc1. The number of carbonyl (C=O) groups excluding carboxylic acids is 2. The van der Waals surface area contributed by atoms with Crippen molar-refractivity contribution in [2.45, 2.75) is 26.7 Å². The Balaban J connectivity index is 2.30. The van der Waals surface area contributed by atoms with Crippen LogP contribution in [0, 0.1) is 6.92 Å². The molecule has 0 aliphatic heterocycles. The first-order valence-corrected chi connectivity index (χ1v) is 7.33. The number of aryl methyl sites for hydroxylation is 1. The smallest absolute Gasteiger partial charge is 0.238 e. The Labute approximate surface area is 126 Å². The highest BCUT2D eigenvalue weighted by Crippen LogP contribution is 2.08. The van der Waals surface area contributed by atoms with Crippen LogP contribution < -0.4 is 10.6 Å². The summed E-state index contributed by atoms with van der Waals surface area (Å²) in [6, 6.07) is 7.62. The second kappa shape index (κ2) is 9.13. The zero-order valence-electron chi connectivity index (χ0n) is 13.1. The van der Waals surface area contributed by atoms with E-state index in [1.807, 2.05) is 31.2 Å². The fraction of sp³-hybridized carbons (Fsp3) is 0.500. The number of nitrogens with one attached hydrogen (secondary N) is 2. The Morgan fingerprint density at radius 1 is 1.10 bits per heavy atom. The van der Waals surface area contributed by atoms with Crippen molar-refractivity contribution in [1.82, 2.24) is 10.2 Å². The van der Waals surface area contributed by atoms with Gasteiger partial charge < -0.3 is 10.6 Å². The molecule has 0 fully saturated rings. The summed E-state index contributed by atoms with van der Waals surface area (Å²) in [5.74, 6) is -0.170. The van der Waals surface area contributed by atoms with Crippen LogP contribution in [0.1, 0.15) is 25.3 Å². The minimum Gasteiger partial charge on any atom is -0.355 e. The second-order valence-electron chi connectivity index (χ2n) is 5.29. The van der Waals surface area contributed by atoms with Crippen molar-refractivity contribution in [2.75, 3.05) is 32.0 Å². The molecule has 0 unspecified atom stereocenters. The zero-order valence-corrected chi connectivity index (χ0v) is 13.1. The lowest BCUT2D eigenvalue weighted by Crippen LogP contribution is -2.39. The number of anilines is 1. The third-order valence-corrected chi connectivity index (χ3v) is 3.01. The van der Waals surface area contributed by atoms with E-state index in [0.717, 1.165) is 24.1 Å². The van der Waals surface area contributed by atoms with Crippen molar-refractivity contribution in [3.8, 4) is 0 Å². The molecule has 0 aliphatic carbocycles. The van der Waals surface area contributed by atoms with Crippen LogP contribution in [-0.2, 0) is 9.59 Å². The van der Waals surface area contributed by atoms with E-state index in [0.29, 0.717) is 6.54 Å². The van der Waals surface area contributed by atoms with Gasteiger partial charge in [-0.25, -0.2) is 0 Å². The van der Waals surface area contributed by atoms with Crippen LogP contribution in [0.2, 0.25) is 0 Å². The lowest BCUT2D eigenvalue weighted by Gasteiger charge is -2.16. The van der Waals surface area contributed by atoms with Crippen molar-refractivity contribution >= 4 is 17.5 Å². The van der Waals surface area contributed by atoms with Crippen LogP contribution in [0.25, 0.3) is 0 Å². The van der Waals surface area contributed by atoms with Crippen molar-refractivity contribution in [2.24, 2.45) is 0 Å². The van der Waals surface area contributed by atoms with Gasteiger partial charge in [-0.15, -0.1) is 0 Å². The molecular weight excluding hydrogens is 266 g/mol. The molecule has 2 N–H and O–H groups in total. The number of nitrogens with zero attached hydrogens (tertiary/aromatic N) is 1. The standard InChI is InChI=1S/C16H25N3O2/c1-4-5-10-17-15(20)11-19(3)12-16(21)18-14-8-6-13(2)7-9-14/h6-9H,4-5,10-12H2,1-3H3,(H,17,20)(H,18,21). The Bertz CT molecular complexity index is 457. The molecule has 1 aromatic carbocycles. The van der Waals surface area contributed by atoms with Gasteiger partial charge in [0.15, 0.2) is 0 Å². The molecule has 0 aliphatic rings. The molecule has 0 spiro atoms. The summed E-state index contributed by atoms with van der Waals surface area (Å²) in [4.78, 5) is 25.2. The molecule has 0 saturated carbocycles. The van der Waals surface area contributed by atoms with Crippen molar-refractivity contribution < 1.29 is 9.59 Å². The van der Waals surface area contributed by atoms with Gasteiger partial charge in [-0.1, -0.05) is 31.0 Å². The quantitative estimate of drug-likeness (QED) is 0.718. The van der Waals surface area contributed by atoms with Crippen LogP contribution in [0.4, 0.5) is 5.69 Å². The first-order valence-electron chi connectivity index (χ1n) is 7.33. The number of amides is 2. The number of likely N-dealkylation sites (N-methyl/N-ethyl adjacent to an activating group) is 1. The molecule has 5 heteroatoms. The van der Waals surface area contributed by atoms with Gasteiger partial charge in [0.05, 0.1) is 13.1 Å². The lowest BCUT2D eigenvalue weighted by atomic mass is 10.2.